The van der Waals surface area contributed by atoms with Crippen LogP contribution in [0.5, 0.6) is 5.75 Å². The fourth-order valence-corrected chi connectivity index (χ4v) is 1.47. The van der Waals surface area contributed by atoms with Crippen molar-refractivity contribution in [3.63, 3.8) is 0 Å². The molecule has 1 aliphatic rings. The van der Waals surface area contributed by atoms with Crippen LogP contribution >= 0.6 is 0 Å². The minimum atomic E-state index is -1.86. The molecule has 5 nitrogen and oxygen atoms in total. The topological polar surface area (TPSA) is 75.6 Å². The summed E-state index contributed by atoms with van der Waals surface area (Å²) >= 11 is 0. The van der Waals surface area contributed by atoms with Crippen molar-refractivity contribution in [2.75, 3.05) is 5.32 Å². The number of anilines is 1. The second-order valence-corrected chi connectivity index (χ2v) is 3.89. The molecule has 2 N–H and O–H groups in total. The van der Waals surface area contributed by atoms with Crippen molar-refractivity contribution in [1.82, 2.24) is 0 Å². The van der Waals surface area contributed by atoms with Gasteiger partial charge in [-0.3, -0.25) is 4.79 Å². The van der Waals surface area contributed by atoms with Gasteiger partial charge in [0.15, 0.2) is 0 Å². The predicted molar refractivity (Wildman–Crippen MR) is 56.5 cm³/mol. The molecule has 0 fully saturated rings. The average Bonchev–Trinajstić information content (AvgIpc) is 2.20. The second kappa shape index (κ2) is 3.23. The molecule has 84 valence electrons. The molecule has 1 heterocycles. The first kappa shape index (κ1) is 10.5. The number of benzene rings is 1. The summed E-state index contributed by atoms with van der Waals surface area (Å²) in [7, 11) is 0. The summed E-state index contributed by atoms with van der Waals surface area (Å²) in [5.41, 5.74) is -0.433. The first-order chi connectivity index (χ1) is 7.43. The number of carboxylic acid groups (broad SMARTS) is 1. The SMILES string of the molecule is Cc1ccc2c(c1)O[C@](C)(C(=O)O)C(=O)N2. The van der Waals surface area contributed by atoms with E-state index in [1.165, 1.54) is 6.92 Å². The van der Waals surface area contributed by atoms with Crippen LogP contribution < -0.4 is 10.1 Å². The van der Waals surface area contributed by atoms with Crippen LogP contribution in [-0.2, 0) is 9.59 Å². The summed E-state index contributed by atoms with van der Waals surface area (Å²) in [4.78, 5) is 22.6. The van der Waals surface area contributed by atoms with Gasteiger partial charge in [-0.05, 0) is 31.5 Å². The van der Waals surface area contributed by atoms with Crippen LogP contribution in [0.3, 0.4) is 0 Å². The fraction of sp³-hybridized carbons (Fsp3) is 0.273. The molecule has 0 unspecified atom stereocenters. The maximum absolute atomic E-state index is 11.6. The van der Waals surface area contributed by atoms with Crippen molar-refractivity contribution in [3.8, 4) is 5.75 Å². The Morgan fingerprint density at radius 1 is 1.50 bits per heavy atom. The highest BCUT2D eigenvalue weighted by molar-refractivity contribution is 6.13. The largest absolute Gasteiger partial charge is 0.478 e. The molecular weight excluding hydrogens is 210 g/mol. The van der Waals surface area contributed by atoms with Crippen LogP contribution in [0, 0.1) is 6.92 Å². The van der Waals surface area contributed by atoms with E-state index in [9.17, 15) is 9.59 Å². The molecule has 5 heteroatoms. The highest BCUT2D eigenvalue weighted by atomic mass is 16.5. The van der Waals surface area contributed by atoms with E-state index in [1.54, 1.807) is 12.1 Å². The van der Waals surface area contributed by atoms with Crippen molar-refractivity contribution in [1.29, 1.82) is 0 Å². The van der Waals surface area contributed by atoms with Gasteiger partial charge < -0.3 is 15.2 Å². The van der Waals surface area contributed by atoms with Gasteiger partial charge in [0.25, 0.3) is 11.5 Å². The highest BCUT2D eigenvalue weighted by Gasteiger charge is 2.47. The van der Waals surface area contributed by atoms with Gasteiger partial charge in [0.05, 0.1) is 5.69 Å². The maximum Gasteiger partial charge on any atom is 0.357 e. The second-order valence-electron chi connectivity index (χ2n) is 3.89. The van der Waals surface area contributed by atoms with Crippen LogP contribution in [0.25, 0.3) is 0 Å². The number of carboxylic acids is 1. The van der Waals surface area contributed by atoms with Gasteiger partial charge in [-0.25, -0.2) is 4.79 Å². The van der Waals surface area contributed by atoms with Gasteiger partial charge in [0.2, 0.25) is 0 Å². The third-order valence-electron chi connectivity index (χ3n) is 2.54. The van der Waals surface area contributed by atoms with E-state index in [0.717, 1.165) is 5.56 Å². The van der Waals surface area contributed by atoms with E-state index in [0.29, 0.717) is 11.4 Å². The molecule has 2 rings (SSSR count). The lowest BCUT2D eigenvalue weighted by molar-refractivity contribution is -0.159. The molecule has 1 aliphatic heterocycles. The normalized spacial score (nSPS) is 23.0. The Hall–Kier alpha value is -2.04. The molecular formula is C11H11NO4. The lowest BCUT2D eigenvalue weighted by Gasteiger charge is -2.31. The summed E-state index contributed by atoms with van der Waals surface area (Å²) < 4.78 is 5.26. The zero-order valence-electron chi connectivity index (χ0n) is 8.90. The number of hydrogen-bond donors (Lipinski definition) is 2. The predicted octanol–water partition coefficient (Wildman–Crippen LogP) is 1.17. The number of amides is 1. The quantitative estimate of drug-likeness (QED) is 0.698. The number of aryl methyl sites for hydroxylation is 1. The molecule has 16 heavy (non-hydrogen) atoms. The number of nitrogens with one attached hydrogen (secondary N) is 1. The lowest BCUT2D eigenvalue weighted by Crippen LogP contribution is -2.54. The zero-order chi connectivity index (χ0) is 11.9. The van der Waals surface area contributed by atoms with Crippen molar-refractivity contribution in [2.24, 2.45) is 0 Å². The maximum atomic E-state index is 11.6. The number of fused-ring (bicyclic) bond motifs is 1. The van der Waals surface area contributed by atoms with Crippen molar-refractivity contribution in [3.05, 3.63) is 23.8 Å². The average molecular weight is 221 g/mol. The lowest BCUT2D eigenvalue weighted by atomic mass is 10.0. The monoisotopic (exact) mass is 221 g/mol. The molecule has 0 aliphatic carbocycles. The van der Waals surface area contributed by atoms with Gasteiger partial charge >= 0.3 is 5.97 Å². The third kappa shape index (κ3) is 1.41. The summed E-state index contributed by atoms with van der Waals surface area (Å²) in [6.45, 7) is 3.09. The molecule has 0 saturated carbocycles. The zero-order valence-corrected chi connectivity index (χ0v) is 8.90. The molecule has 1 amide bonds. The fourth-order valence-electron chi connectivity index (χ4n) is 1.47. The molecule has 1 aromatic rings. The molecule has 1 aromatic carbocycles. The molecule has 0 radical (unpaired) electrons. The summed E-state index contributed by atoms with van der Waals surface area (Å²) in [6, 6.07) is 5.19. The first-order valence-corrected chi connectivity index (χ1v) is 4.78. The Bertz CT molecular complexity index is 483. The van der Waals surface area contributed by atoms with E-state index in [-0.39, 0.29) is 0 Å². The minimum Gasteiger partial charge on any atom is -0.478 e. The Kier molecular flexibility index (Phi) is 2.11. The first-order valence-electron chi connectivity index (χ1n) is 4.78. The molecule has 0 bridgehead atoms. The van der Waals surface area contributed by atoms with Crippen LogP contribution in [0.4, 0.5) is 5.69 Å². The van der Waals surface area contributed by atoms with Crippen LogP contribution in [0.1, 0.15) is 12.5 Å². The van der Waals surface area contributed by atoms with E-state index < -0.39 is 17.5 Å². The van der Waals surface area contributed by atoms with Crippen molar-refractivity contribution in [2.45, 2.75) is 19.4 Å². The Morgan fingerprint density at radius 2 is 2.19 bits per heavy atom. The van der Waals surface area contributed by atoms with E-state index in [4.69, 9.17) is 9.84 Å². The number of carbonyl (C=O) groups excluding carboxylic acids is 1. The molecule has 0 aromatic heterocycles. The minimum absolute atomic E-state index is 0.379. The Labute approximate surface area is 92.0 Å². The van der Waals surface area contributed by atoms with Gasteiger partial charge in [0.1, 0.15) is 5.75 Å². The molecule has 0 spiro atoms. The molecule has 0 saturated heterocycles. The van der Waals surface area contributed by atoms with Gasteiger partial charge in [-0.2, -0.15) is 0 Å². The van der Waals surface area contributed by atoms with Gasteiger partial charge in [0, 0.05) is 0 Å². The summed E-state index contributed by atoms with van der Waals surface area (Å²) in [5.74, 6) is -1.60. The highest BCUT2D eigenvalue weighted by Crippen LogP contribution is 2.34. The van der Waals surface area contributed by atoms with Gasteiger partial charge in [-0.1, -0.05) is 6.07 Å². The van der Waals surface area contributed by atoms with Crippen LogP contribution in [-0.4, -0.2) is 22.6 Å². The van der Waals surface area contributed by atoms with E-state index in [2.05, 4.69) is 5.32 Å². The van der Waals surface area contributed by atoms with Crippen LogP contribution in [0.2, 0.25) is 0 Å². The van der Waals surface area contributed by atoms with Crippen molar-refractivity contribution < 1.29 is 19.4 Å². The standard InChI is InChI=1S/C11H11NO4/c1-6-3-4-7-8(5-6)16-11(2,10(14)15)9(13)12-7/h3-5H,1-2H3,(H,12,13)(H,14,15)/t11-/m0/s1. The number of aliphatic carboxylic acids is 1. The van der Waals surface area contributed by atoms with Gasteiger partial charge in [-0.15, -0.1) is 0 Å². The van der Waals surface area contributed by atoms with Crippen molar-refractivity contribution >= 4 is 17.6 Å². The third-order valence-corrected chi connectivity index (χ3v) is 2.54. The number of ether oxygens (including phenoxy) is 1. The number of hydrogen-bond acceptors (Lipinski definition) is 3. The smallest absolute Gasteiger partial charge is 0.357 e. The summed E-state index contributed by atoms with van der Waals surface area (Å²) in [5, 5.41) is 11.5. The number of rotatable bonds is 1. The van der Waals surface area contributed by atoms with E-state index >= 15 is 0 Å². The van der Waals surface area contributed by atoms with E-state index in [1.807, 2.05) is 13.0 Å². The Balaban J connectivity index is 2.48. The summed E-state index contributed by atoms with van der Waals surface area (Å²) in [6.07, 6.45) is 0. The molecule has 1 atom stereocenters. The Morgan fingerprint density at radius 3 is 2.81 bits per heavy atom. The number of carbonyl (C=O) groups is 2. The van der Waals surface area contributed by atoms with Crippen LogP contribution in [0.15, 0.2) is 18.2 Å².